The average molecular weight is 210 g/mol. The van der Waals surface area contributed by atoms with Crippen molar-refractivity contribution in [3.8, 4) is 5.88 Å². The maximum Gasteiger partial charge on any atom is 0.275 e. The molecule has 0 aliphatic carbocycles. The van der Waals surface area contributed by atoms with Gasteiger partial charge < -0.3 is 5.11 Å². The number of amidine groups is 1. The minimum Gasteiger partial charge on any atom is -0.493 e. The van der Waals surface area contributed by atoms with E-state index in [4.69, 9.17) is 5.41 Å². The molecule has 0 unspecified atom stereocenters. The summed E-state index contributed by atoms with van der Waals surface area (Å²) in [4.78, 5) is 15.5. The van der Waals surface area contributed by atoms with Gasteiger partial charge in [0.25, 0.3) is 5.56 Å². The predicted molar refractivity (Wildman–Crippen MR) is 54.9 cm³/mol. The summed E-state index contributed by atoms with van der Waals surface area (Å²) in [5.41, 5.74) is -0.254. The van der Waals surface area contributed by atoms with Crippen molar-refractivity contribution in [2.75, 3.05) is 0 Å². The van der Waals surface area contributed by atoms with Crippen molar-refractivity contribution in [1.82, 2.24) is 10.2 Å². The lowest BCUT2D eigenvalue weighted by molar-refractivity contribution is 0.451. The second-order valence-electron chi connectivity index (χ2n) is 2.55. The summed E-state index contributed by atoms with van der Waals surface area (Å²) >= 11 is 1.13. The Kier molecular flexibility index (Phi) is 2.01. The van der Waals surface area contributed by atoms with Crippen LogP contribution in [-0.4, -0.2) is 26.7 Å². The normalized spacial score (nSPS) is 18.3. The van der Waals surface area contributed by atoms with E-state index in [9.17, 15) is 9.90 Å². The first kappa shape index (κ1) is 8.82. The van der Waals surface area contributed by atoms with Crippen molar-refractivity contribution < 1.29 is 5.11 Å². The molecular weight excluding hydrogens is 204 g/mol. The molecular formula is C7H6N4O2S. The van der Waals surface area contributed by atoms with E-state index in [0.717, 1.165) is 11.8 Å². The molecule has 6 nitrogen and oxygen atoms in total. The monoisotopic (exact) mass is 210 g/mol. The molecule has 2 rings (SSSR count). The average Bonchev–Trinajstić information content (AvgIpc) is 2.67. The van der Waals surface area contributed by atoms with E-state index in [0.29, 0.717) is 4.91 Å². The minimum absolute atomic E-state index is 0.147. The van der Waals surface area contributed by atoms with E-state index < -0.39 is 5.56 Å². The van der Waals surface area contributed by atoms with Gasteiger partial charge in [-0.25, -0.2) is 4.99 Å². The SMILES string of the molecule is N=C1N=C/C(=C\c2c(O)[nH][nH]c2=O)S1. The Hall–Kier alpha value is -1.76. The summed E-state index contributed by atoms with van der Waals surface area (Å²) in [6, 6.07) is 0. The van der Waals surface area contributed by atoms with Crippen LogP contribution in [0.2, 0.25) is 0 Å². The van der Waals surface area contributed by atoms with E-state index in [-0.39, 0.29) is 16.6 Å². The Morgan fingerprint density at radius 2 is 2.36 bits per heavy atom. The number of H-pyrrole nitrogens is 2. The zero-order valence-electron chi connectivity index (χ0n) is 6.87. The molecule has 0 saturated carbocycles. The highest BCUT2D eigenvalue weighted by molar-refractivity contribution is 8.18. The molecule has 7 heteroatoms. The number of nitrogens with zero attached hydrogens (tertiary/aromatic N) is 1. The molecule has 0 aromatic carbocycles. The van der Waals surface area contributed by atoms with Gasteiger partial charge in [0, 0.05) is 11.1 Å². The third-order valence-corrected chi connectivity index (χ3v) is 2.36. The first-order valence-electron chi connectivity index (χ1n) is 3.68. The summed E-state index contributed by atoms with van der Waals surface area (Å²) in [7, 11) is 0. The Labute approximate surface area is 82.3 Å². The second-order valence-corrected chi connectivity index (χ2v) is 3.62. The largest absolute Gasteiger partial charge is 0.493 e. The van der Waals surface area contributed by atoms with Crippen molar-refractivity contribution in [3.05, 3.63) is 20.8 Å². The molecule has 1 aromatic heterocycles. The quantitative estimate of drug-likeness (QED) is 0.542. The molecule has 1 aromatic rings. The number of nitrogens with one attached hydrogen (secondary N) is 3. The summed E-state index contributed by atoms with van der Waals surface area (Å²) in [6.45, 7) is 0. The Morgan fingerprint density at radius 3 is 2.86 bits per heavy atom. The highest BCUT2D eigenvalue weighted by Crippen LogP contribution is 2.24. The molecule has 1 aliphatic heterocycles. The molecule has 0 saturated heterocycles. The third kappa shape index (κ3) is 1.49. The van der Waals surface area contributed by atoms with Crippen molar-refractivity contribution in [3.63, 3.8) is 0 Å². The number of aromatic nitrogens is 2. The van der Waals surface area contributed by atoms with Crippen LogP contribution >= 0.6 is 11.8 Å². The van der Waals surface area contributed by atoms with Crippen LogP contribution in [0.3, 0.4) is 0 Å². The van der Waals surface area contributed by atoms with Crippen molar-refractivity contribution in [1.29, 1.82) is 5.41 Å². The van der Waals surface area contributed by atoms with Crippen LogP contribution in [0.1, 0.15) is 5.56 Å². The number of aromatic hydroxyl groups is 1. The molecule has 14 heavy (non-hydrogen) atoms. The number of aliphatic imine (C=N–C) groups is 1. The lowest BCUT2D eigenvalue weighted by Crippen LogP contribution is -2.01. The number of hydrogen-bond donors (Lipinski definition) is 4. The van der Waals surface area contributed by atoms with Crippen molar-refractivity contribution in [2.45, 2.75) is 0 Å². The summed E-state index contributed by atoms with van der Waals surface area (Å²) in [5, 5.41) is 21.1. The molecule has 2 heterocycles. The van der Waals surface area contributed by atoms with Crippen molar-refractivity contribution in [2.24, 2.45) is 4.99 Å². The van der Waals surface area contributed by atoms with Crippen LogP contribution in [0.5, 0.6) is 5.88 Å². The number of rotatable bonds is 1. The number of hydrogen-bond acceptors (Lipinski definition) is 4. The minimum atomic E-state index is -0.401. The van der Waals surface area contributed by atoms with Crippen molar-refractivity contribution >= 4 is 29.2 Å². The molecule has 0 bridgehead atoms. The Morgan fingerprint density at radius 1 is 1.57 bits per heavy atom. The molecule has 0 fully saturated rings. The molecule has 72 valence electrons. The van der Waals surface area contributed by atoms with Gasteiger partial charge >= 0.3 is 0 Å². The number of allylic oxidation sites excluding steroid dienone is 1. The molecule has 0 radical (unpaired) electrons. The number of aromatic amines is 2. The zero-order valence-corrected chi connectivity index (χ0v) is 7.68. The molecule has 0 atom stereocenters. The lowest BCUT2D eigenvalue weighted by Gasteiger charge is -1.89. The van der Waals surface area contributed by atoms with E-state index in [2.05, 4.69) is 15.2 Å². The maximum absolute atomic E-state index is 11.1. The fourth-order valence-electron chi connectivity index (χ4n) is 0.988. The summed E-state index contributed by atoms with van der Waals surface area (Å²) < 4.78 is 0. The molecule has 4 N–H and O–H groups in total. The van der Waals surface area contributed by atoms with Crippen LogP contribution in [-0.2, 0) is 0 Å². The highest BCUT2D eigenvalue weighted by atomic mass is 32.2. The maximum atomic E-state index is 11.1. The predicted octanol–water partition coefficient (Wildman–Crippen LogP) is 0.502. The van der Waals surface area contributed by atoms with Gasteiger partial charge in [-0.2, -0.15) is 0 Å². The first-order chi connectivity index (χ1) is 6.66. The summed E-state index contributed by atoms with van der Waals surface area (Å²) in [6.07, 6.45) is 2.94. The lowest BCUT2D eigenvalue weighted by atomic mass is 10.3. The highest BCUT2D eigenvalue weighted by Gasteiger charge is 2.11. The van der Waals surface area contributed by atoms with Crippen LogP contribution in [0.15, 0.2) is 14.7 Å². The van der Waals surface area contributed by atoms with Gasteiger partial charge in [0.05, 0.1) is 0 Å². The van der Waals surface area contributed by atoms with Gasteiger partial charge in [-0.1, -0.05) is 0 Å². The first-order valence-corrected chi connectivity index (χ1v) is 4.50. The third-order valence-electron chi connectivity index (χ3n) is 1.60. The van der Waals surface area contributed by atoms with Gasteiger partial charge in [0.1, 0.15) is 5.56 Å². The van der Waals surface area contributed by atoms with Gasteiger partial charge in [-0.15, -0.1) is 0 Å². The smallest absolute Gasteiger partial charge is 0.275 e. The van der Waals surface area contributed by atoms with E-state index in [1.54, 1.807) is 0 Å². The van der Waals surface area contributed by atoms with Gasteiger partial charge in [-0.3, -0.25) is 20.4 Å². The van der Waals surface area contributed by atoms with Crippen LogP contribution < -0.4 is 5.56 Å². The van der Waals surface area contributed by atoms with E-state index in [1.807, 2.05) is 0 Å². The fourth-order valence-corrected chi connectivity index (χ4v) is 1.60. The van der Waals surface area contributed by atoms with Crippen LogP contribution in [0, 0.1) is 5.41 Å². The number of thioether (sulfide) groups is 1. The molecule has 0 amide bonds. The molecule has 0 spiro atoms. The van der Waals surface area contributed by atoms with Crippen LogP contribution in [0.4, 0.5) is 0 Å². The summed E-state index contributed by atoms with van der Waals surface area (Å²) in [5.74, 6) is -0.213. The standard InChI is InChI=1S/C7H6N4O2S/c8-7-9-2-3(14-7)1-4-5(12)10-11-6(4)13/h1-2,8H,(H3,10,11,12,13)/b3-1+,8-7?. The Bertz CT molecular complexity index is 496. The zero-order chi connectivity index (χ0) is 10.1. The van der Waals surface area contributed by atoms with Crippen LogP contribution in [0.25, 0.3) is 6.08 Å². The van der Waals surface area contributed by atoms with E-state index in [1.165, 1.54) is 12.3 Å². The van der Waals surface area contributed by atoms with Gasteiger partial charge in [0.15, 0.2) is 5.17 Å². The topological polar surface area (TPSA) is 105 Å². The van der Waals surface area contributed by atoms with E-state index >= 15 is 0 Å². The van der Waals surface area contributed by atoms with Gasteiger partial charge in [-0.05, 0) is 17.8 Å². The second kappa shape index (κ2) is 3.18. The molecule has 1 aliphatic rings. The Balaban J connectivity index is 2.39. The van der Waals surface area contributed by atoms with Gasteiger partial charge in [0.2, 0.25) is 5.88 Å². The fraction of sp³-hybridized carbons (Fsp3) is 0.